The minimum absolute atomic E-state index is 0.202. The quantitative estimate of drug-likeness (QED) is 0.495. The van der Waals surface area contributed by atoms with E-state index in [-0.39, 0.29) is 5.82 Å². The van der Waals surface area contributed by atoms with Crippen LogP contribution in [0.4, 0.5) is 4.39 Å². The van der Waals surface area contributed by atoms with Crippen LogP contribution in [0.1, 0.15) is 12.0 Å². The predicted molar refractivity (Wildman–Crippen MR) is 92.0 cm³/mol. The molecular weight excluding hydrogens is 299 g/mol. The normalized spacial score (nSPS) is 19.5. The van der Waals surface area contributed by atoms with E-state index < -0.39 is 0 Å². The summed E-state index contributed by atoms with van der Waals surface area (Å²) < 4.78 is 13.4. The lowest BCUT2D eigenvalue weighted by molar-refractivity contribution is 0.394. The van der Waals surface area contributed by atoms with E-state index in [0.29, 0.717) is 12.5 Å². The molecule has 0 bridgehead atoms. The van der Waals surface area contributed by atoms with Crippen LogP contribution in [0.25, 0.3) is 0 Å². The first-order chi connectivity index (χ1) is 10.6. The van der Waals surface area contributed by atoms with Gasteiger partial charge in [-0.3, -0.25) is 4.99 Å². The van der Waals surface area contributed by atoms with Crippen molar-refractivity contribution >= 4 is 17.7 Å². The summed E-state index contributed by atoms with van der Waals surface area (Å²) >= 11 is 1.62. The Morgan fingerprint density at radius 2 is 2.27 bits per heavy atom. The zero-order chi connectivity index (χ0) is 15.9. The van der Waals surface area contributed by atoms with Gasteiger partial charge in [-0.15, -0.1) is 11.8 Å². The second kappa shape index (κ2) is 8.39. The van der Waals surface area contributed by atoms with Crippen molar-refractivity contribution in [2.24, 2.45) is 10.9 Å². The molecule has 1 unspecified atom stereocenters. The second-order valence-corrected chi connectivity index (χ2v) is 6.53. The molecule has 2 N–H and O–H groups in total. The van der Waals surface area contributed by atoms with E-state index in [1.54, 1.807) is 24.9 Å². The van der Waals surface area contributed by atoms with Crippen molar-refractivity contribution in [1.29, 1.82) is 0 Å². The van der Waals surface area contributed by atoms with Crippen molar-refractivity contribution in [2.75, 3.05) is 40.0 Å². The molecule has 0 aliphatic carbocycles. The standard InChI is InChI=1S/C16H25FN4S/c1-18-16(19-9-12-6-7-21(2)11-12)20-10-13-8-14(17)4-5-15(13)22-3/h4-5,8,12H,6-7,9-11H2,1-3H3,(H2,18,19,20). The Balaban J connectivity index is 1.85. The van der Waals surface area contributed by atoms with Gasteiger partial charge in [0.1, 0.15) is 5.82 Å². The summed E-state index contributed by atoms with van der Waals surface area (Å²) in [7, 11) is 3.91. The summed E-state index contributed by atoms with van der Waals surface area (Å²) in [6.07, 6.45) is 3.22. The highest BCUT2D eigenvalue weighted by Crippen LogP contribution is 2.21. The molecule has 0 radical (unpaired) electrons. The molecule has 4 nitrogen and oxygen atoms in total. The Bertz CT molecular complexity index is 521. The lowest BCUT2D eigenvalue weighted by Gasteiger charge is -2.16. The van der Waals surface area contributed by atoms with Gasteiger partial charge >= 0.3 is 0 Å². The van der Waals surface area contributed by atoms with Gasteiger partial charge in [-0.2, -0.15) is 0 Å². The Hall–Kier alpha value is -1.27. The third kappa shape index (κ3) is 4.88. The first-order valence-corrected chi connectivity index (χ1v) is 8.80. The number of halogens is 1. The van der Waals surface area contributed by atoms with Gasteiger partial charge in [-0.1, -0.05) is 0 Å². The van der Waals surface area contributed by atoms with Crippen LogP contribution in [0.2, 0.25) is 0 Å². The van der Waals surface area contributed by atoms with Gasteiger partial charge in [-0.25, -0.2) is 4.39 Å². The maximum atomic E-state index is 13.4. The summed E-state index contributed by atoms with van der Waals surface area (Å²) in [6.45, 7) is 3.78. The number of benzene rings is 1. The molecule has 1 fully saturated rings. The van der Waals surface area contributed by atoms with Gasteiger partial charge < -0.3 is 15.5 Å². The molecule has 0 spiro atoms. The summed E-state index contributed by atoms with van der Waals surface area (Å²) in [4.78, 5) is 7.67. The van der Waals surface area contributed by atoms with Crippen LogP contribution in [0.15, 0.2) is 28.1 Å². The number of aliphatic imine (C=N–C) groups is 1. The predicted octanol–water partition coefficient (Wildman–Crippen LogP) is 2.16. The van der Waals surface area contributed by atoms with Crippen LogP contribution in [-0.2, 0) is 6.54 Å². The molecule has 0 aromatic heterocycles. The fourth-order valence-electron chi connectivity index (χ4n) is 2.72. The van der Waals surface area contributed by atoms with Crippen molar-refractivity contribution in [3.05, 3.63) is 29.6 Å². The first kappa shape index (κ1) is 17.1. The third-order valence-electron chi connectivity index (χ3n) is 3.96. The van der Waals surface area contributed by atoms with Crippen LogP contribution >= 0.6 is 11.8 Å². The minimum atomic E-state index is -0.202. The second-order valence-electron chi connectivity index (χ2n) is 5.68. The molecule has 1 aromatic carbocycles. The van der Waals surface area contributed by atoms with Crippen LogP contribution in [0, 0.1) is 11.7 Å². The number of likely N-dealkylation sites (tertiary alicyclic amines) is 1. The first-order valence-electron chi connectivity index (χ1n) is 7.58. The Kier molecular flexibility index (Phi) is 6.51. The molecule has 0 amide bonds. The van der Waals surface area contributed by atoms with E-state index in [4.69, 9.17) is 0 Å². The summed E-state index contributed by atoms with van der Waals surface area (Å²) in [5.41, 5.74) is 0.955. The molecule has 6 heteroatoms. The van der Waals surface area contributed by atoms with E-state index >= 15 is 0 Å². The number of thioether (sulfide) groups is 1. The van der Waals surface area contributed by atoms with Gasteiger partial charge in [0.2, 0.25) is 0 Å². The highest BCUT2D eigenvalue weighted by molar-refractivity contribution is 7.98. The summed E-state index contributed by atoms with van der Waals surface area (Å²) in [5.74, 6) is 1.23. The molecule has 2 rings (SSSR count). The number of rotatable bonds is 5. The maximum Gasteiger partial charge on any atom is 0.191 e. The zero-order valence-electron chi connectivity index (χ0n) is 13.5. The van der Waals surface area contributed by atoms with Crippen molar-refractivity contribution in [3.63, 3.8) is 0 Å². The number of nitrogens with one attached hydrogen (secondary N) is 2. The Labute approximate surface area is 136 Å². The molecule has 1 heterocycles. The van der Waals surface area contributed by atoms with E-state index in [0.717, 1.165) is 29.5 Å². The summed E-state index contributed by atoms with van der Waals surface area (Å²) in [5, 5.41) is 6.63. The van der Waals surface area contributed by atoms with Crippen molar-refractivity contribution in [2.45, 2.75) is 17.9 Å². The lowest BCUT2D eigenvalue weighted by Crippen LogP contribution is -2.39. The SMILES string of the molecule is CN=C(NCc1cc(F)ccc1SC)NCC1CCN(C)C1. The van der Waals surface area contributed by atoms with E-state index in [1.165, 1.54) is 19.0 Å². The highest BCUT2D eigenvalue weighted by Gasteiger charge is 2.19. The highest BCUT2D eigenvalue weighted by atomic mass is 32.2. The third-order valence-corrected chi connectivity index (χ3v) is 4.80. The van der Waals surface area contributed by atoms with Crippen LogP contribution in [0.5, 0.6) is 0 Å². The minimum Gasteiger partial charge on any atom is -0.356 e. The molecule has 22 heavy (non-hydrogen) atoms. The van der Waals surface area contributed by atoms with Gasteiger partial charge in [0.15, 0.2) is 5.96 Å². The van der Waals surface area contributed by atoms with E-state index in [2.05, 4.69) is 27.6 Å². The van der Waals surface area contributed by atoms with Crippen LogP contribution in [-0.4, -0.2) is 50.8 Å². The van der Waals surface area contributed by atoms with E-state index in [9.17, 15) is 4.39 Å². The Morgan fingerprint density at radius 1 is 1.45 bits per heavy atom. The zero-order valence-corrected chi connectivity index (χ0v) is 14.3. The molecule has 1 atom stereocenters. The largest absolute Gasteiger partial charge is 0.356 e. The Morgan fingerprint density at radius 3 is 2.91 bits per heavy atom. The van der Waals surface area contributed by atoms with Gasteiger partial charge in [-0.05, 0) is 55.9 Å². The number of guanidine groups is 1. The molecule has 0 saturated carbocycles. The van der Waals surface area contributed by atoms with Crippen LogP contribution in [0.3, 0.4) is 0 Å². The molecule has 1 saturated heterocycles. The lowest BCUT2D eigenvalue weighted by atomic mass is 10.1. The number of hydrogen-bond acceptors (Lipinski definition) is 3. The average Bonchev–Trinajstić information content (AvgIpc) is 2.93. The van der Waals surface area contributed by atoms with Crippen LogP contribution < -0.4 is 10.6 Å². The van der Waals surface area contributed by atoms with Crippen molar-refractivity contribution in [3.8, 4) is 0 Å². The van der Waals surface area contributed by atoms with Gasteiger partial charge in [0.05, 0.1) is 0 Å². The molecular formula is C16H25FN4S. The summed E-state index contributed by atoms with van der Waals surface area (Å²) in [6, 6.07) is 4.90. The molecule has 1 aromatic rings. The topological polar surface area (TPSA) is 39.7 Å². The monoisotopic (exact) mass is 324 g/mol. The maximum absolute atomic E-state index is 13.4. The van der Waals surface area contributed by atoms with Crippen molar-refractivity contribution < 1.29 is 4.39 Å². The van der Waals surface area contributed by atoms with Gasteiger partial charge in [0.25, 0.3) is 0 Å². The van der Waals surface area contributed by atoms with E-state index in [1.807, 2.05) is 12.3 Å². The molecule has 1 aliphatic rings. The fraction of sp³-hybridized carbons (Fsp3) is 0.562. The number of nitrogens with zero attached hydrogens (tertiary/aromatic N) is 2. The number of hydrogen-bond donors (Lipinski definition) is 2. The molecule has 122 valence electrons. The fourth-order valence-corrected chi connectivity index (χ4v) is 3.32. The van der Waals surface area contributed by atoms with Crippen molar-refractivity contribution in [1.82, 2.24) is 15.5 Å². The smallest absolute Gasteiger partial charge is 0.191 e. The molecule has 1 aliphatic heterocycles. The average molecular weight is 324 g/mol. The van der Waals surface area contributed by atoms with Gasteiger partial charge in [0, 0.05) is 31.6 Å².